The summed E-state index contributed by atoms with van der Waals surface area (Å²) in [6, 6.07) is 8.30. The van der Waals surface area contributed by atoms with Crippen molar-refractivity contribution >= 4 is 19.2 Å². The number of carbonyl (C=O) groups excluding carboxylic acids is 1. The van der Waals surface area contributed by atoms with Gasteiger partial charge in [-0.1, -0.05) is 43.7 Å². The summed E-state index contributed by atoms with van der Waals surface area (Å²) >= 11 is 0. The van der Waals surface area contributed by atoms with Crippen molar-refractivity contribution in [3.05, 3.63) is 24.3 Å². The van der Waals surface area contributed by atoms with E-state index in [-0.39, 0.29) is 11.5 Å². The van der Waals surface area contributed by atoms with Gasteiger partial charge in [-0.25, -0.2) is 0 Å². The lowest BCUT2D eigenvalue weighted by Gasteiger charge is -2.38. The second-order valence-electron chi connectivity index (χ2n) is 8.98. The Bertz CT molecular complexity index is 615. The molecule has 0 spiro atoms. The van der Waals surface area contributed by atoms with E-state index in [9.17, 15) is 9.90 Å². The molecule has 3 rings (SSSR count). The van der Waals surface area contributed by atoms with Crippen LogP contribution in [-0.2, 0) is 4.79 Å². The number of benzene rings is 1. The van der Waals surface area contributed by atoms with Gasteiger partial charge in [0.25, 0.3) is 0 Å². The number of carbonyl (C=O) groups is 1. The van der Waals surface area contributed by atoms with Crippen LogP contribution in [0.15, 0.2) is 24.3 Å². The number of nitrogens with zero attached hydrogens (tertiary/aromatic N) is 1. The highest BCUT2D eigenvalue weighted by Gasteiger charge is 2.53. The molecule has 2 aliphatic rings. The number of amides is 1. The van der Waals surface area contributed by atoms with Gasteiger partial charge in [-0.3, -0.25) is 4.79 Å². The minimum Gasteiger partial charge on any atom is -0.490 e. The normalized spacial score (nSPS) is 24.3. The van der Waals surface area contributed by atoms with E-state index in [1.807, 2.05) is 26.0 Å². The summed E-state index contributed by atoms with van der Waals surface area (Å²) in [5.41, 5.74) is 0.456. The lowest BCUT2D eigenvalue weighted by molar-refractivity contribution is -0.119. The molecule has 1 aliphatic heterocycles. The van der Waals surface area contributed by atoms with Gasteiger partial charge < -0.3 is 14.7 Å². The van der Waals surface area contributed by atoms with Gasteiger partial charge in [0.2, 0.25) is 6.41 Å². The van der Waals surface area contributed by atoms with Crippen LogP contribution in [0.4, 0.5) is 0 Å². The zero-order valence-corrected chi connectivity index (χ0v) is 16.4. The maximum atomic E-state index is 10.8. The molecule has 1 aromatic rings. The van der Waals surface area contributed by atoms with Crippen LogP contribution in [0.3, 0.4) is 0 Å². The maximum absolute atomic E-state index is 10.8. The second-order valence-corrected chi connectivity index (χ2v) is 8.98. The molecule has 1 saturated heterocycles. The molecule has 1 aliphatic carbocycles. The first-order valence-corrected chi connectivity index (χ1v) is 9.74. The van der Waals surface area contributed by atoms with E-state index in [2.05, 4.69) is 33.3 Å². The average Bonchev–Trinajstić information content (AvgIpc) is 3.36. The van der Waals surface area contributed by atoms with Gasteiger partial charge in [-0.15, -0.1) is 0 Å². The monoisotopic (exact) mass is 356 g/mol. The van der Waals surface area contributed by atoms with Crippen molar-refractivity contribution in [2.24, 2.45) is 11.3 Å². The predicted molar refractivity (Wildman–Crippen MR) is 105 cm³/mol. The van der Waals surface area contributed by atoms with Crippen LogP contribution in [0.2, 0.25) is 5.82 Å². The molecular weight excluding hydrogens is 325 g/mol. The minimum atomic E-state index is -0.669. The predicted octanol–water partition coefficient (Wildman–Crippen LogP) is 2.62. The van der Waals surface area contributed by atoms with Crippen LogP contribution >= 0.6 is 0 Å². The topological polar surface area (TPSA) is 49.8 Å². The Morgan fingerprint density at radius 2 is 1.77 bits per heavy atom. The van der Waals surface area contributed by atoms with E-state index in [0.717, 1.165) is 44.5 Å². The molecule has 5 heteroatoms. The first kappa shape index (κ1) is 19.3. The molecule has 1 aromatic carbocycles. The zero-order chi connectivity index (χ0) is 18.9. The highest BCUT2D eigenvalue weighted by Crippen LogP contribution is 2.58. The molecule has 0 bridgehead atoms. The van der Waals surface area contributed by atoms with E-state index in [4.69, 9.17) is 4.74 Å². The number of hydrogen-bond donors (Lipinski definition) is 1. The summed E-state index contributed by atoms with van der Waals surface area (Å²) in [6.07, 6.45) is 4.04. The molecular formula is C21H31BNO3. The van der Waals surface area contributed by atoms with Crippen molar-refractivity contribution in [1.29, 1.82) is 0 Å². The number of rotatable bonds is 7. The second kappa shape index (κ2) is 7.26. The fraction of sp³-hybridized carbons (Fsp3) is 0.667. The van der Waals surface area contributed by atoms with Crippen LogP contribution in [0, 0.1) is 11.3 Å². The third-order valence-electron chi connectivity index (χ3n) is 6.56. The number of piperidine rings is 1. The van der Waals surface area contributed by atoms with E-state index in [1.54, 1.807) is 4.90 Å². The standard InChI is InChI=1S/C21H31BNO3/c1-20(2,21(3,4)25)18-13-19(18)22-15-5-7-16(8-6-15)26-17-9-11-23(14-24)12-10-17/h5-8,14,17-19,25H,9-13H2,1-4H3. The summed E-state index contributed by atoms with van der Waals surface area (Å²) < 4.78 is 6.05. The van der Waals surface area contributed by atoms with Crippen molar-refractivity contribution < 1.29 is 14.6 Å². The highest BCUT2D eigenvalue weighted by atomic mass is 16.5. The molecule has 1 heterocycles. The number of hydrogen-bond acceptors (Lipinski definition) is 3. The lowest BCUT2D eigenvalue weighted by Crippen LogP contribution is -2.41. The van der Waals surface area contributed by atoms with Gasteiger partial charge in [-0.2, -0.15) is 0 Å². The molecule has 1 saturated carbocycles. The van der Waals surface area contributed by atoms with Crippen molar-refractivity contribution in [3.8, 4) is 5.75 Å². The van der Waals surface area contributed by atoms with Gasteiger partial charge in [0.15, 0.2) is 7.28 Å². The Balaban J connectivity index is 1.49. The van der Waals surface area contributed by atoms with Crippen molar-refractivity contribution in [1.82, 2.24) is 4.90 Å². The molecule has 4 nitrogen and oxygen atoms in total. The number of aliphatic hydroxyl groups is 1. The average molecular weight is 356 g/mol. The molecule has 2 fully saturated rings. The molecule has 1 N–H and O–H groups in total. The van der Waals surface area contributed by atoms with Crippen LogP contribution in [0.25, 0.3) is 0 Å². The van der Waals surface area contributed by atoms with E-state index >= 15 is 0 Å². The van der Waals surface area contributed by atoms with Crippen LogP contribution in [0.1, 0.15) is 47.0 Å². The molecule has 1 amide bonds. The number of likely N-dealkylation sites (tertiary alicyclic amines) is 1. The van der Waals surface area contributed by atoms with Crippen LogP contribution in [0.5, 0.6) is 5.75 Å². The summed E-state index contributed by atoms with van der Waals surface area (Å²) in [5.74, 6) is 1.97. The van der Waals surface area contributed by atoms with Crippen molar-refractivity contribution in [2.45, 2.75) is 64.5 Å². The Morgan fingerprint density at radius 3 is 2.31 bits per heavy atom. The van der Waals surface area contributed by atoms with Gasteiger partial charge >= 0.3 is 0 Å². The third-order valence-corrected chi connectivity index (χ3v) is 6.56. The van der Waals surface area contributed by atoms with Gasteiger partial charge in [0, 0.05) is 25.9 Å². The summed E-state index contributed by atoms with van der Waals surface area (Å²) in [7, 11) is 2.32. The largest absolute Gasteiger partial charge is 0.490 e. The highest BCUT2D eigenvalue weighted by molar-refractivity contribution is 6.56. The van der Waals surface area contributed by atoms with E-state index in [1.165, 1.54) is 5.46 Å². The first-order chi connectivity index (χ1) is 12.2. The smallest absolute Gasteiger partial charge is 0.209 e. The quantitative estimate of drug-likeness (QED) is 0.604. The molecule has 2 atom stereocenters. The first-order valence-electron chi connectivity index (χ1n) is 9.74. The zero-order valence-electron chi connectivity index (χ0n) is 16.4. The molecule has 0 aromatic heterocycles. The summed E-state index contributed by atoms with van der Waals surface area (Å²) in [4.78, 5) is 12.6. The number of ether oxygens (including phenoxy) is 1. The molecule has 1 radical (unpaired) electrons. The Labute approximate surface area is 158 Å². The van der Waals surface area contributed by atoms with Crippen molar-refractivity contribution in [3.63, 3.8) is 0 Å². The summed E-state index contributed by atoms with van der Waals surface area (Å²) in [5, 5.41) is 10.4. The molecule has 141 valence electrons. The lowest BCUT2D eigenvalue weighted by atomic mass is 9.61. The van der Waals surface area contributed by atoms with E-state index in [0.29, 0.717) is 11.7 Å². The van der Waals surface area contributed by atoms with Crippen LogP contribution < -0.4 is 10.2 Å². The Kier molecular flexibility index (Phi) is 5.39. The third kappa shape index (κ3) is 4.25. The van der Waals surface area contributed by atoms with Gasteiger partial charge in [-0.05, 0) is 37.3 Å². The summed E-state index contributed by atoms with van der Waals surface area (Å²) in [6.45, 7) is 9.71. The minimum absolute atomic E-state index is 0.0897. The molecule has 26 heavy (non-hydrogen) atoms. The van der Waals surface area contributed by atoms with E-state index < -0.39 is 5.60 Å². The van der Waals surface area contributed by atoms with Gasteiger partial charge in [0.1, 0.15) is 11.9 Å². The Morgan fingerprint density at radius 1 is 1.15 bits per heavy atom. The van der Waals surface area contributed by atoms with Crippen LogP contribution in [-0.4, -0.2) is 48.5 Å². The van der Waals surface area contributed by atoms with Gasteiger partial charge in [0.05, 0.1) is 5.60 Å². The molecule has 2 unspecified atom stereocenters. The fourth-order valence-corrected chi connectivity index (χ4v) is 3.88. The SMILES string of the molecule is CC(C)(O)C(C)(C)C1CC1[B]c1ccc(OC2CCN(C=O)CC2)cc1. The fourth-order valence-electron chi connectivity index (χ4n) is 3.88. The maximum Gasteiger partial charge on any atom is 0.209 e. The Hall–Kier alpha value is -1.49. The van der Waals surface area contributed by atoms with Crippen molar-refractivity contribution in [2.75, 3.05) is 13.1 Å².